The van der Waals surface area contributed by atoms with Crippen molar-refractivity contribution in [1.82, 2.24) is 20.1 Å². The van der Waals surface area contributed by atoms with Gasteiger partial charge in [-0.3, -0.25) is 20.4 Å². The second-order valence-corrected chi connectivity index (χ2v) is 8.70. The van der Waals surface area contributed by atoms with Crippen LogP contribution in [0.15, 0.2) is 29.2 Å². The summed E-state index contributed by atoms with van der Waals surface area (Å²) in [6.07, 6.45) is 0.470. The molecule has 0 spiro atoms. The van der Waals surface area contributed by atoms with E-state index in [9.17, 15) is 22.8 Å². The Morgan fingerprint density at radius 3 is 2.33 bits per heavy atom. The van der Waals surface area contributed by atoms with Crippen LogP contribution in [0, 0.1) is 6.92 Å². The van der Waals surface area contributed by atoms with Gasteiger partial charge in [-0.25, -0.2) is 17.5 Å². The Kier molecular flexibility index (Phi) is 7.00. The van der Waals surface area contributed by atoms with Gasteiger partial charge in [-0.05, 0) is 37.1 Å². The summed E-state index contributed by atoms with van der Waals surface area (Å²) in [4.78, 5) is 39.7. The fourth-order valence-corrected chi connectivity index (χ4v) is 3.73. The minimum absolute atomic E-state index is 0.0472. The van der Waals surface area contributed by atoms with Gasteiger partial charge in [0.2, 0.25) is 10.0 Å². The molecule has 2 rings (SSSR count). The topological polar surface area (TPSA) is 138 Å². The van der Waals surface area contributed by atoms with Gasteiger partial charge in [-0.2, -0.15) is 0 Å². The van der Waals surface area contributed by atoms with Gasteiger partial charge in [-0.1, -0.05) is 13.0 Å². The van der Waals surface area contributed by atoms with Crippen molar-refractivity contribution in [2.45, 2.75) is 25.2 Å². The number of ether oxygens (including phenoxy) is 1. The number of hydrogen-bond donors (Lipinski definition) is 3. The number of nitrogens with one attached hydrogen (secondary N) is 3. The molecule has 0 saturated carbocycles. The number of aromatic amines is 1. The summed E-state index contributed by atoms with van der Waals surface area (Å²) in [7, 11) is 0.304. The van der Waals surface area contributed by atoms with Crippen molar-refractivity contribution in [3.8, 4) is 0 Å². The Balaban J connectivity index is 2.19. The van der Waals surface area contributed by atoms with E-state index in [2.05, 4.69) is 15.8 Å². The molecule has 2 amide bonds. The average molecular weight is 436 g/mol. The largest absolute Gasteiger partial charge is 0.465 e. The van der Waals surface area contributed by atoms with E-state index in [-0.39, 0.29) is 21.7 Å². The zero-order valence-electron chi connectivity index (χ0n) is 17.3. The summed E-state index contributed by atoms with van der Waals surface area (Å²) < 4.78 is 30.2. The average Bonchev–Trinajstić information content (AvgIpc) is 3.07. The van der Waals surface area contributed by atoms with Gasteiger partial charge in [0.25, 0.3) is 11.8 Å². The van der Waals surface area contributed by atoms with Crippen LogP contribution in [0.25, 0.3) is 0 Å². The summed E-state index contributed by atoms with van der Waals surface area (Å²) in [5.74, 6) is -1.93. The van der Waals surface area contributed by atoms with E-state index in [4.69, 9.17) is 4.74 Å². The molecule has 0 aliphatic rings. The van der Waals surface area contributed by atoms with Gasteiger partial charge in [0.05, 0.1) is 17.6 Å². The Bertz CT molecular complexity index is 1090. The molecule has 0 radical (unpaired) electrons. The second-order valence-electron chi connectivity index (χ2n) is 6.55. The Morgan fingerprint density at radius 2 is 1.77 bits per heavy atom. The van der Waals surface area contributed by atoms with Crippen LogP contribution >= 0.6 is 0 Å². The van der Waals surface area contributed by atoms with E-state index in [1.807, 2.05) is 6.92 Å². The first kappa shape index (κ1) is 23.1. The number of carbonyl (C=O) groups is 3. The highest BCUT2D eigenvalue weighted by atomic mass is 32.2. The normalized spacial score (nSPS) is 11.3. The second kappa shape index (κ2) is 9.09. The summed E-state index contributed by atoms with van der Waals surface area (Å²) >= 11 is 0. The van der Waals surface area contributed by atoms with E-state index in [1.54, 1.807) is 6.92 Å². The number of hydrogen-bond acceptors (Lipinski definition) is 6. The highest BCUT2D eigenvalue weighted by Crippen LogP contribution is 2.20. The SMILES string of the molecule is CCc1[nH]c(C(=O)NNC(=O)c2cccc(S(=O)(=O)N(C)C)c2)c(C)c1C(=O)OC. The third kappa shape index (κ3) is 4.52. The Morgan fingerprint density at radius 1 is 1.13 bits per heavy atom. The molecule has 1 heterocycles. The Hall–Kier alpha value is -3.18. The number of H-pyrrole nitrogens is 1. The molecule has 1 aromatic heterocycles. The highest BCUT2D eigenvalue weighted by Gasteiger charge is 2.24. The number of rotatable bonds is 6. The number of nitrogens with zero attached hydrogens (tertiary/aromatic N) is 1. The third-order valence-electron chi connectivity index (χ3n) is 4.46. The van der Waals surface area contributed by atoms with Gasteiger partial charge in [0, 0.05) is 25.4 Å². The van der Waals surface area contributed by atoms with E-state index in [0.717, 1.165) is 4.31 Å². The maximum atomic E-state index is 12.5. The first-order chi connectivity index (χ1) is 14.0. The van der Waals surface area contributed by atoms with Gasteiger partial charge in [0.15, 0.2) is 0 Å². The number of amides is 2. The number of carbonyl (C=O) groups excluding carboxylic acids is 3. The fraction of sp³-hybridized carbons (Fsp3) is 0.316. The Labute approximate surface area is 174 Å². The summed E-state index contributed by atoms with van der Waals surface area (Å²) in [6.45, 7) is 3.41. The molecule has 10 nitrogen and oxygen atoms in total. The minimum Gasteiger partial charge on any atom is -0.465 e. The minimum atomic E-state index is -3.71. The summed E-state index contributed by atoms with van der Waals surface area (Å²) in [5, 5.41) is 0. The molecule has 3 N–H and O–H groups in total. The van der Waals surface area contributed by atoms with Crippen LogP contribution in [0.2, 0.25) is 0 Å². The van der Waals surface area contributed by atoms with Crippen LogP contribution in [-0.2, 0) is 21.2 Å². The zero-order chi connectivity index (χ0) is 22.6. The maximum Gasteiger partial charge on any atom is 0.339 e. The zero-order valence-corrected chi connectivity index (χ0v) is 18.1. The van der Waals surface area contributed by atoms with Crippen LogP contribution in [0.1, 0.15) is 49.4 Å². The van der Waals surface area contributed by atoms with E-state index in [0.29, 0.717) is 17.7 Å². The number of aryl methyl sites for hydroxylation is 1. The van der Waals surface area contributed by atoms with Crippen LogP contribution in [-0.4, -0.2) is 56.7 Å². The van der Waals surface area contributed by atoms with Crippen molar-refractivity contribution in [2.75, 3.05) is 21.2 Å². The lowest BCUT2D eigenvalue weighted by molar-refractivity contribution is 0.0598. The molecule has 30 heavy (non-hydrogen) atoms. The summed E-state index contributed by atoms with van der Waals surface area (Å²) in [5.41, 5.74) is 5.86. The van der Waals surface area contributed by atoms with Gasteiger partial charge >= 0.3 is 5.97 Å². The van der Waals surface area contributed by atoms with Gasteiger partial charge in [0.1, 0.15) is 5.69 Å². The number of sulfonamides is 1. The number of hydrazine groups is 1. The molecule has 162 valence electrons. The predicted molar refractivity (Wildman–Crippen MR) is 108 cm³/mol. The van der Waals surface area contributed by atoms with Crippen molar-refractivity contribution >= 4 is 27.8 Å². The monoisotopic (exact) mass is 436 g/mol. The third-order valence-corrected chi connectivity index (χ3v) is 6.27. The molecule has 0 bridgehead atoms. The van der Waals surface area contributed by atoms with Crippen molar-refractivity contribution in [2.24, 2.45) is 0 Å². The fourth-order valence-electron chi connectivity index (χ4n) is 2.79. The molecular weight excluding hydrogens is 412 g/mol. The van der Waals surface area contributed by atoms with Crippen molar-refractivity contribution in [3.05, 3.63) is 52.3 Å². The molecule has 0 aliphatic heterocycles. The van der Waals surface area contributed by atoms with E-state index < -0.39 is 27.8 Å². The van der Waals surface area contributed by atoms with Crippen LogP contribution in [0.4, 0.5) is 0 Å². The number of benzene rings is 1. The molecule has 0 atom stereocenters. The molecule has 0 unspecified atom stereocenters. The molecule has 0 fully saturated rings. The molecule has 2 aromatic rings. The van der Waals surface area contributed by atoms with Gasteiger partial charge in [-0.15, -0.1) is 0 Å². The lowest BCUT2D eigenvalue weighted by atomic mass is 10.1. The molecule has 1 aromatic carbocycles. The summed E-state index contributed by atoms with van der Waals surface area (Å²) in [6, 6.07) is 5.42. The predicted octanol–water partition coefficient (Wildman–Crippen LogP) is 0.997. The maximum absolute atomic E-state index is 12.5. The van der Waals surface area contributed by atoms with Crippen molar-refractivity contribution in [1.29, 1.82) is 0 Å². The van der Waals surface area contributed by atoms with E-state index >= 15 is 0 Å². The molecule has 0 saturated heterocycles. The molecular formula is C19H24N4O6S. The number of methoxy groups -OCH3 is 1. The molecule has 0 aliphatic carbocycles. The van der Waals surface area contributed by atoms with Crippen LogP contribution < -0.4 is 10.9 Å². The van der Waals surface area contributed by atoms with Crippen molar-refractivity contribution < 1.29 is 27.5 Å². The number of aromatic nitrogens is 1. The van der Waals surface area contributed by atoms with Crippen LogP contribution in [0.3, 0.4) is 0 Å². The van der Waals surface area contributed by atoms with E-state index in [1.165, 1.54) is 45.5 Å². The lowest BCUT2D eigenvalue weighted by Crippen LogP contribution is -2.42. The number of esters is 1. The smallest absolute Gasteiger partial charge is 0.339 e. The highest BCUT2D eigenvalue weighted by molar-refractivity contribution is 7.89. The lowest BCUT2D eigenvalue weighted by Gasteiger charge is -2.12. The van der Waals surface area contributed by atoms with Crippen molar-refractivity contribution in [3.63, 3.8) is 0 Å². The quantitative estimate of drug-likeness (QED) is 0.456. The first-order valence-electron chi connectivity index (χ1n) is 8.97. The standard InChI is InChI=1S/C19H24N4O6S/c1-6-14-15(19(26)29-5)11(2)16(20-14)18(25)22-21-17(24)12-8-7-9-13(10-12)30(27,28)23(3)4/h7-10,20H,6H2,1-5H3,(H,21,24)(H,22,25). The van der Waals surface area contributed by atoms with Crippen LogP contribution in [0.5, 0.6) is 0 Å². The van der Waals surface area contributed by atoms with Gasteiger partial charge < -0.3 is 9.72 Å². The first-order valence-corrected chi connectivity index (χ1v) is 10.4. The molecule has 11 heteroatoms.